The van der Waals surface area contributed by atoms with Crippen LogP contribution in [-0.4, -0.2) is 19.2 Å². The Hall–Kier alpha value is -2.65. The molecule has 2 N–H and O–H groups in total. The van der Waals surface area contributed by atoms with Gasteiger partial charge in [0.1, 0.15) is 0 Å². The maximum Gasteiger partial charge on any atom is 0.273 e. The van der Waals surface area contributed by atoms with Crippen molar-refractivity contribution in [2.75, 3.05) is 10.0 Å². The molecule has 25 heavy (non-hydrogen) atoms. The van der Waals surface area contributed by atoms with Crippen molar-refractivity contribution in [1.29, 1.82) is 0 Å². The molecular weight excluding hydrogens is 370 g/mol. The lowest BCUT2D eigenvalue weighted by Gasteiger charge is -2.12. The first-order valence-corrected chi connectivity index (χ1v) is 8.82. The molecule has 2 aromatic carbocycles. The van der Waals surface area contributed by atoms with E-state index in [2.05, 4.69) is 10.0 Å². The van der Waals surface area contributed by atoms with Crippen molar-refractivity contribution in [1.82, 2.24) is 0 Å². The van der Waals surface area contributed by atoms with Crippen molar-refractivity contribution in [2.45, 2.75) is 18.7 Å². The topological polar surface area (TPSA) is 118 Å². The van der Waals surface area contributed by atoms with E-state index >= 15 is 0 Å². The second-order valence-electron chi connectivity index (χ2n) is 5.14. The summed E-state index contributed by atoms with van der Waals surface area (Å²) in [7, 11) is -4.07. The molecule has 0 spiro atoms. The fourth-order valence-corrected chi connectivity index (χ4v) is 3.65. The molecule has 0 atom stereocenters. The van der Waals surface area contributed by atoms with E-state index in [1.165, 1.54) is 50.2 Å². The highest BCUT2D eigenvalue weighted by atomic mass is 35.5. The van der Waals surface area contributed by atoms with E-state index in [-0.39, 0.29) is 38.5 Å². The molecule has 10 heteroatoms. The minimum absolute atomic E-state index is 0.0241. The van der Waals surface area contributed by atoms with Gasteiger partial charge in [0.15, 0.2) is 0 Å². The van der Waals surface area contributed by atoms with Gasteiger partial charge in [-0.2, -0.15) is 0 Å². The van der Waals surface area contributed by atoms with Crippen LogP contribution in [0.4, 0.5) is 17.1 Å². The van der Waals surface area contributed by atoms with Crippen LogP contribution in [0.3, 0.4) is 0 Å². The molecular formula is C15H14ClN3O5S. The van der Waals surface area contributed by atoms with Crippen molar-refractivity contribution < 1.29 is 18.1 Å². The van der Waals surface area contributed by atoms with Gasteiger partial charge in [0, 0.05) is 18.6 Å². The maximum atomic E-state index is 12.6. The monoisotopic (exact) mass is 383 g/mol. The third kappa shape index (κ3) is 4.25. The lowest BCUT2D eigenvalue weighted by atomic mass is 10.2. The fourth-order valence-electron chi connectivity index (χ4n) is 2.18. The van der Waals surface area contributed by atoms with Gasteiger partial charge in [-0.25, -0.2) is 8.42 Å². The van der Waals surface area contributed by atoms with Crippen LogP contribution >= 0.6 is 11.6 Å². The standard InChI is InChI=1S/C15H14ClN3O5S/c1-9-14(19(21)22)4-3-5-15(9)25(23,24)18-11-6-7-12(16)13(8-11)17-10(2)20/h3-8,18H,1-2H3,(H,17,20). The Labute approximate surface area is 149 Å². The van der Waals surface area contributed by atoms with E-state index in [0.717, 1.165) is 0 Å². The van der Waals surface area contributed by atoms with Crippen LogP contribution in [0.25, 0.3) is 0 Å². The van der Waals surface area contributed by atoms with Crippen molar-refractivity contribution in [3.63, 3.8) is 0 Å². The zero-order valence-electron chi connectivity index (χ0n) is 13.2. The van der Waals surface area contributed by atoms with Crippen LogP contribution in [0.15, 0.2) is 41.3 Å². The van der Waals surface area contributed by atoms with Gasteiger partial charge in [-0.15, -0.1) is 0 Å². The highest BCUT2D eigenvalue weighted by Gasteiger charge is 2.23. The molecule has 0 radical (unpaired) electrons. The Balaban J connectivity index is 2.42. The number of sulfonamides is 1. The zero-order valence-corrected chi connectivity index (χ0v) is 14.8. The molecule has 132 valence electrons. The van der Waals surface area contributed by atoms with Crippen molar-refractivity contribution in [3.05, 3.63) is 57.1 Å². The highest BCUT2D eigenvalue weighted by Crippen LogP contribution is 2.29. The lowest BCUT2D eigenvalue weighted by molar-refractivity contribution is -0.385. The van der Waals surface area contributed by atoms with Crippen LogP contribution in [-0.2, 0) is 14.8 Å². The van der Waals surface area contributed by atoms with Crippen LogP contribution in [0.2, 0.25) is 5.02 Å². The summed E-state index contributed by atoms with van der Waals surface area (Å²) in [6.07, 6.45) is 0. The molecule has 0 unspecified atom stereocenters. The largest absolute Gasteiger partial charge is 0.325 e. The Morgan fingerprint density at radius 3 is 2.52 bits per heavy atom. The number of hydrogen-bond acceptors (Lipinski definition) is 5. The SMILES string of the molecule is CC(=O)Nc1cc(NS(=O)(=O)c2cccc([N+](=O)[O-])c2C)ccc1Cl. The summed E-state index contributed by atoms with van der Waals surface area (Å²) in [6.45, 7) is 2.65. The number of nitrogens with one attached hydrogen (secondary N) is 2. The first kappa shape index (κ1) is 18.7. The number of nitro benzene ring substituents is 1. The molecule has 0 aliphatic heterocycles. The highest BCUT2D eigenvalue weighted by molar-refractivity contribution is 7.92. The summed E-state index contributed by atoms with van der Waals surface area (Å²) >= 11 is 5.94. The molecule has 0 saturated carbocycles. The van der Waals surface area contributed by atoms with E-state index in [1.807, 2.05) is 0 Å². The molecule has 2 rings (SSSR count). The molecule has 0 aliphatic rings. The average molecular weight is 384 g/mol. The minimum atomic E-state index is -4.07. The third-order valence-corrected chi connectivity index (χ3v) is 5.13. The van der Waals surface area contributed by atoms with Crippen molar-refractivity contribution >= 4 is 44.6 Å². The van der Waals surface area contributed by atoms with Gasteiger partial charge >= 0.3 is 0 Å². The van der Waals surface area contributed by atoms with Gasteiger partial charge in [0.25, 0.3) is 15.7 Å². The summed E-state index contributed by atoms with van der Waals surface area (Å²) in [5.74, 6) is -0.364. The van der Waals surface area contributed by atoms with Gasteiger partial charge < -0.3 is 5.32 Å². The number of anilines is 2. The summed E-state index contributed by atoms with van der Waals surface area (Å²) in [5, 5.41) is 13.7. The molecule has 1 amide bonds. The summed E-state index contributed by atoms with van der Waals surface area (Å²) in [5.41, 5.74) is 0.123. The first-order valence-electron chi connectivity index (χ1n) is 6.96. The predicted octanol–water partition coefficient (Wildman–Crippen LogP) is 3.32. The van der Waals surface area contributed by atoms with Gasteiger partial charge in [-0.1, -0.05) is 17.7 Å². The van der Waals surface area contributed by atoms with Crippen LogP contribution in [0.5, 0.6) is 0 Å². The lowest BCUT2D eigenvalue weighted by Crippen LogP contribution is -2.15. The number of carbonyl (C=O) groups is 1. The predicted molar refractivity (Wildman–Crippen MR) is 94.4 cm³/mol. The number of hydrogen-bond donors (Lipinski definition) is 2. The Morgan fingerprint density at radius 1 is 1.24 bits per heavy atom. The number of carbonyl (C=O) groups excluding carboxylic acids is 1. The number of nitrogens with zero attached hydrogens (tertiary/aromatic N) is 1. The summed E-state index contributed by atoms with van der Waals surface area (Å²) in [4.78, 5) is 21.3. The van der Waals surface area contributed by atoms with E-state index in [9.17, 15) is 23.3 Å². The van der Waals surface area contributed by atoms with Crippen molar-refractivity contribution in [3.8, 4) is 0 Å². The number of nitro groups is 1. The van der Waals surface area contributed by atoms with Crippen LogP contribution in [0, 0.1) is 17.0 Å². The molecule has 0 aromatic heterocycles. The summed E-state index contributed by atoms with van der Waals surface area (Å²) in [6, 6.07) is 7.99. The molecule has 2 aromatic rings. The molecule has 0 heterocycles. The molecule has 8 nitrogen and oxygen atoms in total. The zero-order chi connectivity index (χ0) is 18.8. The van der Waals surface area contributed by atoms with Crippen LogP contribution < -0.4 is 10.0 Å². The molecule has 0 bridgehead atoms. The molecule has 0 saturated heterocycles. The number of benzene rings is 2. The van der Waals surface area contributed by atoms with Gasteiger partial charge in [0.05, 0.1) is 26.2 Å². The quantitative estimate of drug-likeness (QED) is 0.606. The van der Waals surface area contributed by atoms with E-state index in [4.69, 9.17) is 11.6 Å². The van der Waals surface area contributed by atoms with E-state index < -0.39 is 14.9 Å². The van der Waals surface area contributed by atoms with Crippen molar-refractivity contribution in [2.24, 2.45) is 0 Å². The second-order valence-corrected chi connectivity index (χ2v) is 7.20. The van der Waals surface area contributed by atoms with Crippen LogP contribution in [0.1, 0.15) is 12.5 Å². The second kappa shape index (κ2) is 7.08. The fraction of sp³-hybridized carbons (Fsp3) is 0.133. The number of rotatable bonds is 5. The van der Waals surface area contributed by atoms with E-state index in [1.54, 1.807) is 0 Å². The Kier molecular flexibility index (Phi) is 5.29. The van der Waals surface area contributed by atoms with E-state index in [0.29, 0.717) is 0 Å². The maximum absolute atomic E-state index is 12.6. The normalized spacial score (nSPS) is 11.0. The van der Waals surface area contributed by atoms with Gasteiger partial charge in [0.2, 0.25) is 5.91 Å². The Bertz CT molecular complexity index is 960. The van der Waals surface area contributed by atoms with Gasteiger partial charge in [-0.05, 0) is 31.2 Å². The Morgan fingerprint density at radius 2 is 1.92 bits per heavy atom. The third-order valence-electron chi connectivity index (χ3n) is 3.27. The first-order chi connectivity index (χ1) is 11.6. The minimum Gasteiger partial charge on any atom is -0.325 e. The molecule has 0 fully saturated rings. The molecule has 0 aliphatic carbocycles. The summed E-state index contributed by atoms with van der Waals surface area (Å²) < 4.78 is 27.4. The van der Waals surface area contributed by atoms with Gasteiger partial charge in [-0.3, -0.25) is 19.6 Å². The average Bonchev–Trinajstić information content (AvgIpc) is 2.49. The number of amides is 1. The number of halogens is 1. The smallest absolute Gasteiger partial charge is 0.273 e.